The molecule has 0 atom stereocenters. The zero-order valence-corrected chi connectivity index (χ0v) is 9.12. The van der Waals surface area contributed by atoms with E-state index in [2.05, 4.69) is 25.3 Å². The van der Waals surface area contributed by atoms with Gasteiger partial charge in [-0.15, -0.1) is 25.3 Å². The molecule has 0 aliphatic heterocycles. The van der Waals surface area contributed by atoms with Crippen molar-refractivity contribution in [2.75, 3.05) is 0 Å². The molecule has 0 aliphatic rings. The summed E-state index contributed by atoms with van der Waals surface area (Å²) in [6.45, 7) is 0. The highest BCUT2D eigenvalue weighted by molar-refractivity contribution is 7.83. The first-order chi connectivity index (χ1) is 6.86. The van der Waals surface area contributed by atoms with Crippen LogP contribution < -0.4 is 9.47 Å². The fourth-order valence-corrected chi connectivity index (χ4v) is 0.936. The number of ether oxygens (including phenoxy) is 2. The summed E-state index contributed by atoms with van der Waals surface area (Å²) in [6, 6.07) is 7.20. The van der Waals surface area contributed by atoms with Gasteiger partial charge in [0, 0.05) is 10.8 Å². The molecule has 0 saturated heterocycles. The molecule has 0 fully saturated rings. The van der Waals surface area contributed by atoms with Crippen molar-refractivity contribution in [2.24, 2.45) is 0 Å². The van der Waals surface area contributed by atoms with Crippen LogP contribution in [0.1, 0.15) is 0 Å². The molecule has 0 unspecified atom stereocenters. The fraction of sp³-hybridized carbons (Fsp3) is 0. The van der Waals surface area contributed by atoms with Gasteiger partial charge in [0.1, 0.15) is 11.5 Å². The van der Waals surface area contributed by atoms with E-state index < -0.39 is 0 Å². The number of benzene rings is 1. The van der Waals surface area contributed by atoms with E-state index in [1.807, 2.05) is 0 Å². The van der Waals surface area contributed by atoms with Crippen LogP contribution in [-0.2, 0) is 0 Å². The minimum absolute atomic E-state index is 0.734. The predicted octanol–water partition coefficient (Wildman–Crippen LogP) is 3.25. The number of rotatable bonds is 4. The summed E-state index contributed by atoms with van der Waals surface area (Å²) in [6.07, 6.45) is 2.99. The average molecular weight is 226 g/mol. The van der Waals surface area contributed by atoms with Crippen LogP contribution in [0.2, 0.25) is 0 Å². The van der Waals surface area contributed by atoms with E-state index in [-0.39, 0.29) is 0 Å². The van der Waals surface area contributed by atoms with Gasteiger partial charge in [0.2, 0.25) is 0 Å². The highest BCUT2D eigenvalue weighted by Gasteiger charge is 1.92. The minimum Gasteiger partial charge on any atom is -0.464 e. The summed E-state index contributed by atoms with van der Waals surface area (Å²) in [5.41, 5.74) is 0. The Morgan fingerprint density at radius 3 is 1.43 bits per heavy atom. The first-order valence-electron chi connectivity index (χ1n) is 3.88. The molecule has 0 spiro atoms. The van der Waals surface area contributed by atoms with Gasteiger partial charge in [-0.25, -0.2) is 0 Å². The SMILES string of the molecule is SC=COc1ccc(OC=CS)cc1. The fourth-order valence-electron chi connectivity index (χ4n) is 0.815. The third kappa shape index (κ3) is 3.81. The monoisotopic (exact) mass is 226 g/mol. The van der Waals surface area contributed by atoms with E-state index in [1.165, 1.54) is 23.3 Å². The van der Waals surface area contributed by atoms with Crippen molar-refractivity contribution < 1.29 is 9.47 Å². The molecule has 0 aliphatic carbocycles. The summed E-state index contributed by atoms with van der Waals surface area (Å²) in [5.74, 6) is 1.47. The number of hydrogen-bond donors (Lipinski definition) is 2. The molecule has 0 N–H and O–H groups in total. The average Bonchev–Trinajstić information content (AvgIpc) is 2.25. The van der Waals surface area contributed by atoms with Crippen molar-refractivity contribution in [3.05, 3.63) is 47.6 Å². The van der Waals surface area contributed by atoms with Crippen LogP contribution in [0.3, 0.4) is 0 Å². The van der Waals surface area contributed by atoms with Crippen molar-refractivity contribution in [3.63, 3.8) is 0 Å². The Balaban J connectivity index is 2.58. The zero-order chi connectivity index (χ0) is 10.2. The summed E-state index contributed by atoms with van der Waals surface area (Å²) >= 11 is 7.74. The third-order valence-corrected chi connectivity index (χ3v) is 1.60. The van der Waals surface area contributed by atoms with Crippen molar-refractivity contribution in [2.45, 2.75) is 0 Å². The maximum atomic E-state index is 5.17. The first-order valence-corrected chi connectivity index (χ1v) is 4.92. The molecule has 0 amide bonds. The Morgan fingerprint density at radius 1 is 0.786 bits per heavy atom. The van der Waals surface area contributed by atoms with Crippen LogP contribution in [0.25, 0.3) is 0 Å². The maximum absolute atomic E-state index is 5.17. The van der Waals surface area contributed by atoms with Gasteiger partial charge in [-0.2, -0.15) is 0 Å². The molecular formula is C10H10O2S2. The van der Waals surface area contributed by atoms with Crippen molar-refractivity contribution in [3.8, 4) is 11.5 Å². The molecule has 4 heteroatoms. The Kier molecular flexibility index (Phi) is 5.11. The van der Waals surface area contributed by atoms with Crippen molar-refractivity contribution >= 4 is 25.3 Å². The van der Waals surface area contributed by atoms with Crippen LogP contribution in [0.15, 0.2) is 47.6 Å². The molecular weight excluding hydrogens is 216 g/mol. The lowest BCUT2D eigenvalue weighted by molar-refractivity contribution is 0.469. The number of hydrogen-bond acceptors (Lipinski definition) is 4. The largest absolute Gasteiger partial charge is 0.464 e. The smallest absolute Gasteiger partial charge is 0.126 e. The topological polar surface area (TPSA) is 18.5 Å². The Hall–Kier alpha value is -1.00. The Bertz CT molecular complexity index is 284. The lowest BCUT2D eigenvalue weighted by atomic mass is 10.3. The highest BCUT2D eigenvalue weighted by atomic mass is 32.1. The molecule has 1 rings (SSSR count). The summed E-state index contributed by atoms with van der Waals surface area (Å²) in [4.78, 5) is 0. The van der Waals surface area contributed by atoms with Gasteiger partial charge in [-0.1, -0.05) is 0 Å². The van der Waals surface area contributed by atoms with Gasteiger partial charge < -0.3 is 9.47 Å². The summed E-state index contributed by atoms with van der Waals surface area (Å²) in [7, 11) is 0. The maximum Gasteiger partial charge on any atom is 0.126 e. The first kappa shape index (κ1) is 11.1. The zero-order valence-electron chi connectivity index (χ0n) is 7.33. The van der Waals surface area contributed by atoms with Gasteiger partial charge in [0.05, 0.1) is 12.5 Å². The van der Waals surface area contributed by atoms with Crippen LogP contribution >= 0.6 is 25.3 Å². The molecule has 14 heavy (non-hydrogen) atoms. The Labute approximate surface area is 94.0 Å². The summed E-state index contributed by atoms with van der Waals surface area (Å²) in [5, 5.41) is 3.04. The molecule has 74 valence electrons. The lowest BCUT2D eigenvalue weighted by Gasteiger charge is -2.01. The second-order valence-electron chi connectivity index (χ2n) is 2.28. The molecule has 1 aromatic carbocycles. The van der Waals surface area contributed by atoms with Gasteiger partial charge >= 0.3 is 0 Å². The van der Waals surface area contributed by atoms with Crippen molar-refractivity contribution in [1.82, 2.24) is 0 Å². The van der Waals surface area contributed by atoms with Crippen LogP contribution in [0, 0.1) is 0 Å². The van der Waals surface area contributed by atoms with Gasteiger partial charge in [-0.05, 0) is 24.3 Å². The van der Waals surface area contributed by atoms with E-state index in [4.69, 9.17) is 9.47 Å². The highest BCUT2D eigenvalue weighted by Crippen LogP contribution is 2.17. The standard InChI is InChI=1S/C10H10O2S2/c13-7-5-11-9-1-2-10(4-3-9)12-6-8-14/h1-8,13-14H. The van der Waals surface area contributed by atoms with Crippen LogP contribution in [0.5, 0.6) is 11.5 Å². The summed E-state index contributed by atoms with van der Waals surface area (Å²) < 4.78 is 10.3. The molecule has 2 nitrogen and oxygen atoms in total. The molecule has 0 heterocycles. The molecule has 0 aromatic heterocycles. The van der Waals surface area contributed by atoms with Crippen molar-refractivity contribution in [1.29, 1.82) is 0 Å². The van der Waals surface area contributed by atoms with Gasteiger partial charge in [0.15, 0.2) is 0 Å². The second-order valence-corrected chi connectivity index (χ2v) is 2.87. The van der Waals surface area contributed by atoms with E-state index >= 15 is 0 Å². The van der Waals surface area contributed by atoms with Crippen LogP contribution in [0.4, 0.5) is 0 Å². The third-order valence-electron chi connectivity index (χ3n) is 1.35. The van der Waals surface area contributed by atoms with E-state index in [9.17, 15) is 0 Å². The minimum atomic E-state index is 0.734. The van der Waals surface area contributed by atoms with Crippen LogP contribution in [-0.4, -0.2) is 0 Å². The molecule has 0 saturated carbocycles. The normalized spacial score (nSPS) is 11.0. The Morgan fingerprint density at radius 2 is 1.14 bits per heavy atom. The molecule has 1 aromatic rings. The number of thiol groups is 2. The van der Waals surface area contributed by atoms with E-state index in [0.717, 1.165) is 11.5 Å². The quantitative estimate of drug-likeness (QED) is 0.606. The van der Waals surface area contributed by atoms with Gasteiger partial charge in [-0.3, -0.25) is 0 Å². The van der Waals surface area contributed by atoms with E-state index in [1.54, 1.807) is 24.3 Å². The lowest BCUT2D eigenvalue weighted by Crippen LogP contribution is -1.83. The van der Waals surface area contributed by atoms with Gasteiger partial charge in [0.25, 0.3) is 0 Å². The predicted molar refractivity (Wildman–Crippen MR) is 64.0 cm³/mol. The second kappa shape index (κ2) is 6.45. The molecule has 0 radical (unpaired) electrons. The van der Waals surface area contributed by atoms with E-state index in [0.29, 0.717) is 0 Å². The molecule has 0 bridgehead atoms.